The van der Waals surface area contributed by atoms with Gasteiger partial charge in [0.25, 0.3) is 0 Å². The van der Waals surface area contributed by atoms with Crippen molar-refractivity contribution in [3.8, 4) is 0 Å². The molecule has 0 radical (unpaired) electrons. The van der Waals surface area contributed by atoms with Crippen LogP contribution in [-0.4, -0.2) is 44.3 Å². The van der Waals surface area contributed by atoms with E-state index in [-0.39, 0.29) is 0 Å². The van der Waals surface area contributed by atoms with Crippen LogP contribution in [0.15, 0.2) is 12.2 Å². The molecule has 1 saturated heterocycles. The fraction of sp³-hybridized carbons (Fsp3) is 0.800. The number of nitrogens with zero attached hydrogens (tertiary/aromatic N) is 1. The molecule has 13 heavy (non-hydrogen) atoms. The van der Waals surface area contributed by atoms with Crippen LogP contribution in [0.1, 0.15) is 12.8 Å². The van der Waals surface area contributed by atoms with E-state index in [1.165, 1.54) is 19.4 Å². The lowest BCUT2D eigenvalue weighted by atomic mass is 10.1. The molecule has 0 bridgehead atoms. The highest BCUT2D eigenvalue weighted by molar-refractivity contribution is 4.87. The monoisotopic (exact) mass is 184 g/mol. The van der Waals surface area contributed by atoms with Crippen LogP contribution in [0, 0.1) is 0 Å². The lowest BCUT2D eigenvalue weighted by Crippen LogP contribution is -2.39. The highest BCUT2D eigenvalue weighted by Crippen LogP contribution is 2.11. The molecule has 76 valence electrons. The van der Waals surface area contributed by atoms with Crippen LogP contribution in [0.2, 0.25) is 0 Å². The number of nitrogens with two attached hydrogens (primary N) is 1. The number of rotatable bonds is 4. The largest absolute Gasteiger partial charge is 0.380 e. The summed E-state index contributed by atoms with van der Waals surface area (Å²) in [5.74, 6) is 0. The van der Waals surface area contributed by atoms with Crippen molar-refractivity contribution in [2.24, 2.45) is 5.73 Å². The van der Waals surface area contributed by atoms with Crippen LogP contribution < -0.4 is 5.73 Å². The highest BCUT2D eigenvalue weighted by atomic mass is 16.5. The van der Waals surface area contributed by atoms with Gasteiger partial charge in [-0.2, -0.15) is 0 Å². The van der Waals surface area contributed by atoms with E-state index in [0.29, 0.717) is 12.6 Å². The van der Waals surface area contributed by atoms with Crippen molar-refractivity contribution in [3.05, 3.63) is 12.2 Å². The molecule has 2 N–H and O–H groups in total. The fourth-order valence-electron chi connectivity index (χ4n) is 1.69. The van der Waals surface area contributed by atoms with Gasteiger partial charge in [0, 0.05) is 26.7 Å². The molecule has 0 aliphatic carbocycles. The zero-order valence-electron chi connectivity index (χ0n) is 8.41. The number of hydrogen-bond acceptors (Lipinski definition) is 3. The minimum atomic E-state index is 0.431. The van der Waals surface area contributed by atoms with E-state index in [2.05, 4.69) is 11.0 Å². The first kappa shape index (κ1) is 10.7. The third-order valence-electron chi connectivity index (χ3n) is 2.46. The topological polar surface area (TPSA) is 38.5 Å². The van der Waals surface area contributed by atoms with Gasteiger partial charge in [-0.15, -0.1) is 0 Å². The van der Waals surface area contributed by atoms with Gasteiger partial charge in [-0.1, -0.05) is 12.2 Å². The van der Waals surface area contributed by atoms with E-state index in [0.717, 1.165) is 13.1 Å². The maximum atomic E-state index is 5.37. The Morgan fingerprint density at radius 3 is 3.08 bits per heavy atom. The summed E-state index contributed by atoms with van der Waals surface area (Å²) in [7, 11) is 1.80. The van der Waals surface area contributed by atoms with Crippen LogP contribution in [0.25, 0.3) is 0 Å². The van der Waals surface area contributed by atoms with Gasteiger partial charge < -0.3 is 10.5 Å². The van der Waals surface area contributed by atoms with Gasteiger partial charge in [-0.3, -0.25) is 4.90 Å². The van der Waals surface area contributed by atoms with Gasteiger partial charge in [-0.25, -0.2) is 0 Å². The van der Waals surface area contributed by atoms with Crippen LogP contribution in [0.4, 0.5) is 0 Å². The van der Waals surface area contributed by atoms with Crippen molar-refractivity contribution in [2.45, 2.75) is 18.9 Å². The molecule has 0 amide bonds. The molecule has 0 aromatic rings. The number of methoxy groups -OCH3 is 1. The Morgan fingerprint density at radius 1 is 1.54 bits per heavy atom. The zero-order valence-corrected chi connectivity index (χ0v) is 8.41. The maximum absolute atomic E-state index is 5.37. The van der Waals surface area contributed by atoms with E-state index in [9.17, 15) is 0 Å². The highest BCUT2D eigenvalue weighted by Gasteiger charge is 2.17. The van der Waals surface area contributed by atoms with Gasteiger partial charge >= 0.3 is 0 Å². The summed E-state index contributed by atoms with van der Waals surface area (Å²) in [4.78, 5) is 2.41. The van der Waals surface area contributed by atoms with E-state index in [1.54, 1.807) is 7.11 Å². The molecule has 0 aromatic carbocycles. The molecule has 1 fully saturated rings. The minimum Gasteiger partial charge on any atom is -0.380 e. The molecule has 1 atom stereocenters. The Kier molecular flexibility index (Phi) is 5.05. The second kappa shape index (κ2) is 6.13. The third kappa shape index (κ3) is 3.89. The molecule has 3 heteroatoms. The molecule has 1 aliphatic rings. The van der Waals surface area contributed by atoms with Gasteiger partial charge in [0.15, 0.2) is 0 Å². The summed E-state index contributed by atoms with van der Waals surface area (Å²) in [6.07, 6.45) is 7.02. The lowest BCUT2D eigenvalue weighted by Gasteiger charge is -2.30. The Balaban J connectivity index is 2.21. The van der Waals surface area contributed by atoms with Gasteiger partial charge in [-0.05, 0) is 19.4 Å². The van der Waals surface area contributed by atoms with Crippen molar-refractivity contribution < 1.29 is 4.74 Å². The van der Waals surface area contributed by atoms with Crippen LogP contribution >= 0.6 is 0 Å². The Morgan fingerprint density at radius 2 is 2.38 bits per heavy atom. The Hall–Kier alpha value is -0.380. The SMILES string of the molecule is COC1CCCN(C/C=C/CN)C1. The molecule has 1 unspecified atom stereocenters. The number of likely N-dealkylation sites (tertiary alicyclic amines) is 1. The lowest BCUT2D eigenvalue weighted by molar-refractivity contribution is 0.0356. The molecule has 1 heterocycles. The summed E-state index contributed by atoms with van der Waals surface area (Å²) in [5.41, 5.74) is 5.37. The second-order valence-corrected chi connectivity index (χ2v) is 3.47. The van der Waals surface area contributed by atoms with Crippen LogP contribution in [-0.2, 0) is 4.74 Å². The van der Waals surface area contributed by atoms with E-state index in [4.69, 9.17) is 10.5 Å². The molecule has 0 spiro atoms. The summed E-state index contributed by atoms with van der Waals surface area (Å²) < 4.78 is 5.34. The van der Waals surface area contributed by atoms with Crippen LogP contribution in [0.3, 0.4) is 0 Å². The van der Waals surface area contributed by atoms with Gasteiger partial charge in [0.05, 0.1) is 6.10 Å². The van der Waals surface area contributed by atoms with Crippen LogP contribution in [0.5, 0.6) is 0 Å². The summed E-state index contributed by atoms with van der Waals surface area (Å²) in [6.45, 7) is 3.90. The fourth-order valence-corrected chi connectivity index (χ4v) is 1.69. The predicted molar refractivity (Wildman–Crippen MR) is 54.7 cm³/mol. The number of hydrogen-bond donors (Lipinski definition) is 1. The van der Waals surface area contributed by atoms with Crippen molar-refractivity contribution in [1.82, 2.24) is 4.90 Å². The average molecular weight is 184 g/mol. The smallest absolute Gasteiger partial charge is 0.0698 e. The summed E-state index contributed by atoms with van der Waals surface area (Å²) >= 11 is 0. The van der Waals surface area contributed by atoms with E-state index >= 15 is 0 Å². The first-order valence-corrected chi connectivity index (χ1v) is 4.97. The normalized spacial score (nSPS) is 25.5. The average Bonchev–Trinajstić information content (AvgIpc) is 2.19. The quantitative estimate of drug-likeness (QED) is 0.651. The molecular weight excluding hydrogens is 164 g/mol. The van der Waals surface area contributed by atoms with Crippen molar-refractivity contribution in [3.63, 3.8) is 0 Å². The van der Waals surface area contributed by atoms with Crippen molar-refractivity contribution >= 4 is 0 Å². The standard InChI is InChI=1S/C10H20N2O/c1-13-10-5-4-8-12(9-10)7-3-2-6-11/h2-3,10H,4-9,11H2,1H3/b3-2+. The first-order valence-electron chi connectivity index (χ1n) is 4.97. The van der Waals surface area contributed by atoms with Gasteiger partial charge in [0.2, 0.25) is 0 Å². The predicted octanol–water partition coefficient (Wildman–Crippen LogP) is 0.612. The zero-order chi connectivity index (χ0) is 9.52. The van der Waals surface area contributed by atoms with Crippen molar-refractivity contribution in [1.29, 1.82) is 0 Å². The van der Waals surface area contributed by atoms with Gasteiger partial charge in [0.1, 0.15) is 0 Å². The van der Waals surface area contributed by atoms with E-state index < -0.39 is 0 Å². The molecule has 1 rings (SSSR count). The molecular formula is C10H20N2O. The molecule has 0 saturated carbocycles. The Bertz CT molecular complexity index is 159. The summed E-state index contributed by atoms with van der Waals surface area (Å²) in [5, 5.41) is 0. The summed E-state index contributed by atoms with van der Waals surface area (Å²) in [6, 6.07) is 0. The third-order valence-corrected chi connectivity index (χ3v) is 2.46. The maximum Gasteiger partial charge on any atom is 0.0698 e. The molecule has 1 aliphatic heterocycles. The first-order chi connectivity index (χ1) is 6.36. The Labute approximate surface area is 80.5 Å². The number of piperidine rings is 1. The van der Waals surface area contributed by atoms with E-state index in [1.807, 2.05) is 6.08 Å². The number of ether oxygens (including phenoxy) is 1. The molecule has 3 nitrogen and oxygen atoms in total. The second-order valence-electron chi connectivity index (χ2n) is 3.47. The van der Waals surface area contributed by atoms with Crippen molar-refractivity contribution in [2.75, 3.05) is 33.3 Å². The molecule has 0 aromatic heterocycles. The minimum absolute atomic E-state index is 0.431.